The van der Waals surface area contributed by atoms with E-state index >= 15 is 0 Å². The lowest BCUT2D eigenvalue weighted by atomic mass is 9.99. The standard InChI is InChI=1S/C26H23N3O2S/c1-18(30)27-16-20-11-13-21(14-12-20)24-17-32-26(28-24)29-25(31)23-10-6-5-9-22(23)15-19-7-3-2-4-8-19/h2-14,17H,15-16H2,1H3,(H,27,30)(H,28,29,31). The predicted molar refractivity (Wildman–Crippen MR) is 129 cm³/mol. The molecular formula is C26H23N3O2S. The first-order chi connectivity index (χ1) is 15.6. The number of carbonyl (C=O) groups is 2. The Bertz CT molecular complexity index is 1220. The second-order valence-electron chi connectivity index (χ2n) is 7.42. The van der Waals surface area contributed by atoms with Gasteiger partial charge in [-0.15, -0.1) is 11.3 Å². The molecule has 4 rings (SSSR count). The minimum absolute atomic E-state index is 0.0562. The molecule has 32 heavy (non-hydrogen) atoms. The molecule has 0 spiro atoms. The van der Waals surface area contributed by atoms with Crippen LogP contribution in [-0.4, -0.2) is 16.8 Å². The van der Waals surface area contributed by atoms with Gasteiger partial charge in [-0.25, -0.2) is 4.98 Å². The van der Waals surface area contributed by atoms with Crippen LogP contribution in [-0.2, 0) is 17.8 Å². The van der Waals surface area contributed by atoms with Gasteiger partial charge in [-0.05, 0) is 29.2 Å². The molecule has 3 aromatic carbocycles. The zero-order valence-electron chi connectivity index (χ0n) is 17.7. The van der Waals surface area contributed by atoms with Crippen LogP contribution < -0.4 is 10.6 Å². The quantitative estimate of drug-likeness (QED) is 0.409. The fraction of sp³-hybridized carbons (Fsp3) is 0.115. The summed E-state index contributed by atoms with van der Waals surface area (Å²) in [6.07, 6.45) is 0.693. The van der Waals surface area contributed by atoms with Crippen molar-refractivity contribution in [3.8, 4) is 11.3 Å². The lowest BCUT2D eigenvalue weighted by Crippen LogP contribution is -2.18. The highest BCUT2D eigenvalue weighted by Gasteiger charge is 2.14. The van der Waals surface area contributed by atoms with Crippen molar-refractivity contribution in [2.75, 3.05) is 5.32 Å². The van der Waals surface area contributed by atoms with Gasteiger partial charge >= 0.3 is 0 Å². The summed E-state index contributed by atoms with van der Waals surface area (Å²) in [6, 6.07) is 25.6. The number of hydrogen-bond donors (Lipinski definition) is 2. The number of nitrogens with one attached hydrogen (secondary N) is 2. The van der Waals surface area contributed by atoms with Crippen LogP contribution in [0, 0.1) is 0 Å². The summed E-state index contributed by atoms with van der Waals surface area (Å²) in [5.41, 5.74) is 5.55. The zero-order chi connectivity index (χ0) is 22.3. The van der Waals surface area contributed by atoms with Gasteiger partial charge in [0, 0.05) is 30.0 Å². The average molecular weight is 442 g/mol. The van der Waals surface area contributed by atoms with Gasteiger partial charge in [0.15, 0.2) is 5.13 Å². The molecular weight excluding hydrogens is 418 g/mol. The summed E-state index contributed by atoms with van der Waals surface area (Å²) in [5.74, 6) is -0.220. The molecule has 0 unspecified atom stereocenters. The van der Waals surface area contributed by atoms with Crippen LogP contribution in [0.1, 0.15) is 34.0 Å². The Balaban J connectivity index is 1.45. The number of carbonyl (C=O) groups excluding carboxylic acids is 2. The molecule has 0 fully saturated rings. The molecule has 5 nitrogen and oxygen atoms in total. The SMILES string of the molecule is CC(=O)NCc1ccc(-c2csc(NC(=O)c3ccccc3Cc3ccccc3)n2)cc1. The lowest BCUT2D eigenvalue weighted by molar-refractivity contribution is -0.119. The number of aromatic nitrogens is 1. The van der Waals surface area contributed by atoms with E-state index in [0.717, 1.165) is 27.9 Å². The maximum absolute atomic E-state index is 13.0. The molecule has 6 heteroatoms. The van der Waals surface area contributed by atoms with Crippen LogP contribution in [0.4, 0.5) is 5.13 Å². The zero-order valence-corrected chi connectivity index (χ0v) is 18.5. The Kier molecular flexibility index (Phi) is 6.72. The van der Waals surface area contributed by atoms with Crippen molar-refractivity contribution in [1.29, 1.82) is 0 Å². The highest BCUT2D eigenvalue weighted by atomic mass is 32.1. The minimum atomic E-state index is -0.164. The van der Waals surface area contributed by atoms with Crippen molar-refractivity contribution in [3.63, 3.8) is 0 Å². The van der Waals surface area contributed by atoms with Crippen molar-refractivity contribution < 1.29 is 9.59 Å². The smallest absolute Gasteiger partial charge is 0.257 e. The molecule has 0 aliphatic rings. The van der Waals surface area contributed by atoms with Gasteiger partial charge in [0.2, 0.25) is 5.91 Å². The second-order valence-corrected chi connectivity index (χ2v) is 8.28. The van der Waals surface area contributed by atoms with Crippen LogP contribution in [0.15, 0.2) is 84.2 Å². The van der Waals surface area contributed by atoms with Gasteiger partial charge in [-0.1, -0.05) is 72.8 Å². The molecule has 2 N–H and O–H groups in total. The number of hydrogen-bond acceptors (Lipinski definition) is 4. The highest BCUT2D eigenvalue weighted by molar-refractivity contribution is 7.14. The summed E-state index contributed by atoms with van der Waals surface area (Å²) in [7, 11) is 0. The topological polar surface area (TPSA) is 71.1 Å². The Morgan fingerprint density at radius 2 is 1.59 bits per heavy atom. The van der Waals surface area contributed by atoms with Crippen molar-refractivity contribution in [3.05, 3.63) is 106 Å². The van der Waals surface area contributed by atoms with Gasteiger partial charge in [-0.3, -0.25) is 14.9 Å². The maximum Gasteiger partial charge on any atom is 0.257 e. The summed E-state index contributed by atoms with van der Waals surface area (Å²) in [6.45, 7) is 2.00. The number of anilines is 1. The van der Waals surface area contributed by atoms with E-state index in [1.165, 1.54) is 18.3 Å². The van der Waals surface area contributed by atoms with Gasteiger partial charge in [-0.2, -0.15) is 0 Å². The summed E-state index contributed by atoms with van der Waals surface area (Å²) in [4.78, 5) is 28.6. The van der Waals surface area contributed by atoms with Gasteiger partial charge in [0.25, 0.3) is 5.91 Å². The minimum Gasteiger partial charge on any atom is -0.352 e. The van der Waals surface area contributed by atoms with E-state index in [1.54, 1.807) is 0 Å². The van der Waals surface area contributed by atoms with E-state index in [0.29, 0.717) is 23.7 Å². The lowest BCUT2D eigenvalue weighted by Gasteiger charge is -2.09. The molecule has 0 saturated heterocycles. The van der Waals surface area contributed by atoms with Crippen molar-refractivity contribution in [2.45, 2.75) is 19.9 Å². The fourth-order valence-electron chi connectivity index (χ4n) is 3.36. The monoisotopic (exact) mass is 441 g/mol. The second kappa shape index (κ2) is 10.0. The van der Waals surface area contributed by atoms with Crippen LogP contribution >= 0.6 is 11.3 Å². The van der Waals surface area contributed by atoms with Crippen LogP contribution in [0.5, 0.6) is 0 Å². The first-order valence-corrected chi connectivity index (χ1v) is 11.2. The van der Waals surface area contributed by atoms with Crippen LogP contribution in [0.25, 0.3) is 11.3 Å². The molecule has 0 radical (unpaired) electrons. The Morgan fingerprint density at radius 3 is 2.34 bits per heavy atom. The molecule has 160 valence electrons. The number of rotatable bonds is 7. The first kappa shape index (κ1) is 21.5. The Morgan fingerprint density at radius 1 is 0.875 bits per heavy atom. The van der Waals surface area contributed by atoms with Gasteiger partial charge in [0.1, 0.15) is 0 Å². The van der Waals surface area contributed by atoms with E-state index in [2.05, 4.69) is 27.8 Å². The van der Waals surface area contributed by atoms with Crippen molar-refractivity contribution in [2.24, 2.45) is 0 Å². The van der Waals surface area contributed by atoms with E-state index < -0.39 is 0 Å². The molecule has 0 aliphatic heterocycles. The van der Waals surface area contributed by atoms with E-state index in [1.807, 2.05) is 72.1 Å². The third-order valence-corrected chi connectivity index (χ3v) is 5.77. The summed E-state index contributed by atoms with van der Waals surface area (Å²) in [5, 5.41) is 8.20. The van der Waals surface area contributed by atoms with E-state index in [-0.39, 0.29) is 11.8 Å². The van der Waals surface area contributed by atoms with Crippen molar-refractivity contribution in [1.82, 2.24) is 10.3 Å². The molecule has 0 saturated carbocycles. The summed E-state index contributed by atoms with van der Waals surface area (Å²) < 4.78 is 0. The van der Waals surface area contributed by atoms with Gasteiger partial charge < -0.3 is 5.32 Å². The Labute approximate surface area is 191 Å². The van der Waals surface area contributed by atoms with Crippen LogP contribution in [0.3, 0.4) is 0 Å². The highest BCUT2D eigenvalue weighted by Crippen LogP contribution is 2.26. The molecule has 0 atom stereocenters. The molecule has 1 aromatic heterocycles. The number of thiazole rings is 1. The van der Waals surface area contributed by atoms with Crippen molar-refractivity contribution >= 4 is 28.3 Å². The molecule has 4 aromatic rings. The predicted octanol–water partition coefficient (Wildman–Crippen LogP) is 5.29. The molecule has 1 heterocycles. The number of amides is 2. The maximum atomic E-state index is 13.0. The largest absolute Gasteiger partial charge is 0.352 e. The average Bonchev–Trinajstić information content (AvgIpc) is 3.27. The van der Waals surface area contributed by atoms with E-state index in [4.69, 9.17) is 0 Å². The third-order valence-electron chi connectivity index (χ3n) is 5.02. The summed E-state index contributed by atoms with van der Waals surface area (Å²) >= 11 is 1.40. The normalized spacial score (nSPS) is 10.5. The number of benzene rings is 3. The fourth-order valence-corrected chi connectivity index (χ4v) is 4.07. The van der Waals surface area contributed by atoms with Crippen LogP contribution in [0.2, 0.25) is 0 Å². The van der Waals surface area contributed by atoms with Gasteiger partial charge in [0.05, 0.1) is 5.69 Å². The molecule has 0 bridgehead atoms. The first-order valence-electron chi connectivity index (χ1n) is 10.3. The van der Waals surface area contributed by atoms with E-state index in [9.17, 15) is 9.59 Å². The number of nitrogens with zero attached hydrogens (tertiary/aromatic N) is 1. The third kappa shape index (κ3) is 5.47. The molecule has 0 aliphatic carbocycles. The Hall–Kier alpha value is -3.77. The molecule has 2 amide bonds.